The first-order valence-electron chi connectivity index (χ1n) is 13.1. The van der Waals surface area contributed by atoms with Crippen LogP contribution in [0.15, 0.2) is 24.3 Å². The highest BCUT2D eigenvalue weighted by Gasteiger charge is 2.75. The van der Waals surface area contributed by atoms with E-state index < -0.39 is 40.6 Å². The quantitative estimate of drug-likeness (QED) is 0.351. The molecule has 8 heteroatoms. The number of carbonyl (C=O) groups excluding carboxylic acids is 3. The van der Waals surface area contributed by atoms with Gasteiger partial charge in [-0.15, -0.1) is 0 Å². The Morgan fingerprint density at radius 1 is 1.06 bits per heavy atom. The molecule has 4 aliphatic rings. The SMILES string of the molecule is CC[C@]12/C=C\CCCOC(=O)[C@H]1[C@H]1C(=O)N(CCCCCO)C3C(=O)N(C(C)(C)C)CC=C[C@@]31O2. The topological polar surface area (TPSA) is 96.4 Å². The predicted molar refractivity (Wildman–Crippen MR) is 130 cm³/mol. The van der Waals surface area contributed by atoms with Crippen LogP contribution >= 0.6 is 0 Å². The van der Waals surface area contributed by atoms with Crippen molar-refractivity contribution in [3.05, 3.63) is 24.3 Å². The van der Waals surface area contributed by atoms with E-state index >= 15 is 0 Å². The highest BCUT2D eigenvalue weighted by atomic mass is 16.6. The van der Waals surface area contributed by atoms with Crippen molar-refractivity contribution in [3.8, 4) is 0 Å². The fraction of sp³-hybridized carbons (Fsp3) is 0.741. The molecule has 194 valence electrons. The highest BCUT2D eigenvalue weighted by molar-refractivity contribution is 5.99. The van der Waals surface area contributed by atoms with E-state index in [9.17, 15) is 19.5 Å². The molecule has 0 aliphatic carbocycles. The van der Waals surface area contributed by atoms with Crippen LogP contribution in [0.3, 0.4) is 0 Å². The van der Waals surface area contributed by atoms with Gasteiger partial charge in [-0.2, -0.15) is 0 Å². The third kappa shape index (κ3) is 4.22. The number of hydrogen-bond acceptors (Lipinski definition) is 6. The molecule has 0 bridgehead atoms. The van der Waals surface area contributed by atoms with Gasteiger partial charge >= 0.3 is 5.97 Å². The van der Waals surface area contributed by atoms with Gasteiger partial charge in [0.2, 0.25) is 11.8 Å². The van der Waals surface area contributed by atoms with E-state index in [0.29, 0.717) is 39.0 Å². The summed E-state index contributed by atoms with van der Waals surface area (Å²) in [6.07, 6.45) is 11.8. The molecule has 0 saturated carbocycles. The number of amides is 2. The number of fused-ring (bicyclic) bond motifs is 2. The molecular formula is C27H40N2O6. The third-order valence-corrected chi connectivity index (χ3v) is 8.00. The Balaban J connectivity index is 1.84. The van der Waals surface area contributed by atoms with Crippen LogP contribution in [0.25, 0.3) is 0 Å². The number of esters is 1. The van der Waals surface area contributed by atoms with Gasteiger partial charge in [-0.25, -0.2) is 0 Å². The third-order valence-electron chi connectivity index (χ3n) is 8.00. The second-order valence-electron chi connectivity index (χ2n) is 11.2. The van der Waals surface area contributed by atoms with Crippen molar-refractivity contribution in [2.75, 3.05) is 26.3 Å². The van der Waals surface area contributed by atoms with E-state index in [0.717, 1.165) is 19.3 Å². The molecular weight excluding hydrogens is 448 g/mol. The minimum Gasteiger partial charge on any atom is -0.465 e. The van der Waals surface area contributed by atoms with Crippen LogP contribution < -0.4 is 0 Å². The van der Waals surface area contributed by atoms with Gasteiger partial charge in [0.15, 0.2) is 0 Å². The lowest BCUT2D eigenvalue weighted by Gasteiger charge is -2.41. The van der Waals surface area contributed by atoms with Crippen LogP contribution in [0.4, 0.5) is 0 Å². The molecule has 1 N–H and O–H groups in total. The first-order chi connectivity index (χ1) is 16.6. The fourth-order valence-electron chi connectivity index (χ4n) is 6.29. The maximum atomic E-state index is 14.2. The number of likely N-dealkylation sites (tertiary alicyclic amines) is 1. The number of hydrogen-bond donors (Lipinski definition) is 1. The summed E-state index contributed by atoms with van der Waals surface area (Å²) in [7, 11) is 0. The van der Waals surface area contributed by atoms with Crippen LogP contribution in [0.5, 0.6) is 0 Å². The zero-order chi connectivity index (χ0) is 25.4. The Morgan fingerprint density at radius 3 is 2.51 bits per heavy atom. The Labute approximate surface area is 208 Å². The number of aliphatic hydroxyl groups excluding tert-OH is 1. The van der Waals surface area contributed by atoms with E-state index in [1.165, 1.54) is 0 Å². The summed E-state index contributed by atoms with van der Waals surface area (Å²) in [5.74, 6) is -2.46. The molecule has 4 rings (SSSR count). The molecule has 0 aromatic rings. The van der Waals surface area contributed by atoms with Gasteiger partial charge in [0.25, 0.3) is 0 Å². The van der Waals surface area contributed by atoms with Crippen molar-refractivity contribution < 1.29 is 29.0 Å². The second-order valence-corrected chi connectivity index (χ2v) is 11.2. The van der Waals surface area contributed by atoms with Gasteiger partial charge < -0.3 is 24.4 Å². The number of carbonyl (C=O) groups is 3. The van der Waals surface area contributed by atoms with E-state index in [-0.39, 0.29) is 18.4 Å². The molecule has 5 atom stereocenters. The smallest absolute Gasteiger partial charge is 0.313 e. The molecule has 2 fully saturated rings. The first kappa shape index (κ1) is 25.9. The maximum absolute atomic E-state index is 14.2. The Hall–Kier alpha value is -2.19. The minimum atomic E-state index is -1.24. The summed E-state index contributed by atoms with van der Waals surface area (Å²) in [5, 5.41) is 9.19. The van der Waals surface area contributed by atoms with Gasteiger partial charge in [-0.1, -0.05) is 31.2 Å². The van der Waals surface area contributed by atoms with Gasteiger partial charge in [-0.05, 0) is 59.3 Å². The number of nitrogens with zero attached hydrogens (tertiary/aromatic N) is 2. The summed E-state index contributed by atoms with van der Waals surface area (Å²) < 4.78 is 12.5. The monoisotopic (exact) mass is 488 g/mol. The van der Waals surface area contributed by atoms with Crippen molar-refractivity contribution >= 4 is 17.8 Å². The Morgan fingerprint density at radius 2 is 1.83 bits per heavy atom. The first-order valence-corrected chi connectivity index (χ1v) is 13.1. The summed E-state index contributed by atoms with van der Waals surface area (Å²) in [5.41, 5.74) is -2.70. The Bertz CT molecular complexity index is 908. The number of allylic oxidation sites excluding steroid dienone is 1. The molecule has 1 spiro atoms. The zero-order valence-electron chi connectivity index (χ0n) is 21.5. The average Bonchev–Trinajstić information content (AvgIpc) is 3.17. The normalized spacial score (nSPS) is 36.0. The summed E-state index contributed by atoms with van der Waals surface area (Å²) >= 11 is 0. The molecule has 1 unspecified atom stereocenters. The lowest BCUT2D eigenvalue weighted by Crippen LogP contribution is -2.59. The zero-order valence-corrected chi connectivity index (χ0v) is 21.5. The molecule has 2 saturated heterocycles. The summed E-state index contributed by atoms with van der Waals surface area (Å²) in [4.78, 5) is 45.2. The molecule has 35 heavy (non-hydrogen) atoms. The lowest BCUT2D eigenvalue weighted by atomic mass is 9.73. The summed E-state index contributed by atoms with van der Waals surface area (Å²) in [6, 6.07) is -0.854. The van der Waals surface area contributed by atoms with Gasteiger partial charge in [0.05, 0.1) is 12.5 Å². The maximum Gasteiger partial charge on any atom is 0.313 e. The largest absolute Gasteiger partial charge is 0.465 e. The van der Waals surface area contributed by atoms with Gasteiger partial charge in [-0.3, -0.25) is 14.4 Å². The van der Waals surface area contributed by atoms with Crippen LogP contribution in [0.1, 0.15) is 66.2 Å². The van der Waals surface area contributed by atoms with Crippen LogP contribution in [-0.4, -0.2) is 81.8 Å². The molecule has 4 heterocycles. The number of rotatable bonds is 6. The minimum absolute atomic E-state index is 0.0891. The molecule has 4 aliphatic heterocycles. The molecule has 0 aromatic heterocycles. The van der Waals surface area contributed by atoms with E-state index in [1.54, 1.807) is 9.80 Å². The average molecular weight is 489 g/mol. The number of unbranched alkanes of at least 4 members (excludes halogenated alkanes) is 2. The lowest BCUT2D eigenvalue weighted by molar-refractivity contribution is -0.162. The molecule has 8 nitrogen and oxygen atoms in total. The Kier molecular flexibility index (Phi) is 7.17. The molecule has 0 aromatic carbocycles. The second kappa shape index (κ2) is 9.69. The fourth-order valence-corrected chi connectivity index (χ4v) is 6.29. The molecule has 0 radical (unpaired) electrons. The van der Waals surface area contributed by atoms with Crippen LogP contribution in [0, 0.1) is 11.8 Å². The highest BCUT2D eigenvalue weighted by Crippen LogP contribution is 2.58. The summed E-state index contributed by atoms with van der Waals surface area (Å²) in [6.45, 7) is 9.08. The standard InChI is InChI=1S/C27H40N2O6/c1-5-26-13-8-6-11-18-34-24(33)20(26)19-22(31)28(15-9-7-10-17-30)21-23(32)29(25(2,3)4)16-12-14-27(19,21)35-26/h8,12-14,19-21,30H,5-7,9-11,15-18H2,1-4H3/b13-8-/t19-,20+,21?,26-,27-/m0/s1. The number of ether oxygens (including phenoxy) is 2. The van der Waals surface area contributed by atoms with E-state index in [2.05, 4.69) is 0 Å². The van der Waals surface area contributed by atoms with Crippen molar-refractivity contribution in [2.24, 2.45) is 11.8 Å². The van der Waals surface area contributed by atoms with Gasteiger partial charge in [0.1, 0.15) is 23.2 Å². The molecule has 2 amide bonds. The van der Waals surface area contributed by atoms with Crippen molar-refractivity contribution in [1.82, 2.24) is 9.80 Å². The van der Waals surface area contributed by atoms with Crippen LogP contribution in [-0.2, 0) is 23.9 Å². The number of aliphatic hydroxyl groups is 1. The van der Waals surface area contributed by atoms with Crippen molar-refractivity contribution in [1.29, 1.82) is 0 Å². The van der Waals surface area contributed by atoms with Crippen LogP contribution in [0.2, 0.25) is 0 Å². The van der Waals surface area contributed by atoms with Crippen molar-refractivity contribution in [3.63, 3.8) is 0 Å². The number of cyclic esters (lactones) is 1. The van der Waals surface area contributed by atoms with E-state index in [4.69, 9.17) is 9.47 Å². The van der Waals surface area contributed by atoms with Crippen molar-refractivity contribution in [2.45, 2.75) is 89.0 Å². The van der Waals surface area contributed by atoms with E-state index in [1.807, 2.05) is 52.0 Å². The predicted octanol–water partition coefficient (Wildman–Crippen LogP) is 2.60. The van der Waals surface area contributed by atoms with Gasteiger partial charge in [0, 0.05) is 25.2 Å².